The zero-order chi connectivity index (χ0) is 20.5. The number of aromatic nitrogens is 2. The predicted molar refractivity (Wildman–Crippen MR) is 105 cm³/mol. The van der Waals surface area contributed by atoms with E-state index in [4.69, 9.17) is 0 Å². The molecule has 2 aromatic carbocycles. The van der Waals surface area contributed by atoms with Crippen molar-refractivity contribution in [2.24, 2.45) is 0 Å². The third kappa shape index (κ3) is 4.39. The maximum atomic E-state index is 13.5. The van der Waals surface area contributed by atoms with Crippen LogP contribution in [0.25, 0.3) is 16.9 Å². The van der Waals surface area contributed by atoms with Crippen LogP contribution in [0.3, 0.4) is 0 Å². The van der Waals surface area contributed by atoms with E-state index < -0.39 is 25.7 Å². The second kappa shape index (κ2) is 7.97. The number of para-hydroxylation sites is 1. The van der Waals surface area contributed by atoms with Crippen molar-refractivity contribution < 1.29 is 23.8 Å². The Kier molecular flexibility index (Phi) is 5.82. The molecule has 0 amide bonds. The Hall–Kier alpha value is -2.31. The average Bonchev–Trinajstić information content (AvgIpc) is 3.03. The summed E-state index contributed by atoms with van der Waals surface area (Å²) in [6.45, 7) is 3.78. The summed E-state index contributed by atoms with van der Waals surface area (Å²) in [6, 6.07) is 14.9. The number of benzene rings is 2. The highest BCUT2D eigenvalue weighted by Gasteiger charge is 2.31. The van der Waals surface area contributed by atoms with E-state index in [1.165, 1.54) is 12.1 Å². The van der Waals surface area contributed by atoms with Gasteiger partial charge in [0.15, 0.2) is 0 Å². The summed E-state index contributed by atoms with van der Waals surface area (Å²) in [5.41, 5.74) is 2.66. The maximum absolute atomic E-state index is 13.5. The highest BCUT2D eigenvalue weighted by atomic mass is 31.2. The van der Waals surface area contributed by atoms with Gasteiger partial charge in [-0.3, -0.25) is 4.57 Å². The minimum atomic E-state index is -4.47. The highest BCUT2D eigenvalue weighted by Crippen LogP contribution is 2.43. The number of halogens is 1. The largest absolute Gasteiger partial charge is 0.388 e. The van der Waals surface area contributed by atoms with Gasteiger partial charge >= 0.3 is 7.60 Å². The third-order valence-electron chi connectivity index (χ3n) is 4.36. The van der Waals surface area contributed by atoms with Crippen LogP contribution in [0.4, 0.5) is 4.39 Å². The van der Waals surface area contributed by atoms with Crippen molar-refractivity contribution in [3.63, 3.8) is 0 Å². The molecule has 0 saturated carbocycles. The highest BCUT2D eigenvalue weighted by molar-refractivity contribution is 7.51. The Bertz CT molecular complexity index is 997. The molecule has 0 bridgehead atoms. The summed E-state index contributed by atoms with van der Waals surface area (Å²) in [6.07, 6.45) is -2.14. The van der Waals surface area contributed by atoms with E-state index in [1.54, 1.807) is 16.8 Å². The minimum absolute atomic E-state index is 0.106. The number of hydrogen-bond acceptors (Lipinski definition) is 3. The second-order valence-electron chi connectivity index (χ2n) is 6.92. The van der Waals surface area contributed by atoms with E-state index in [0.29, 0.717) is 22.5 Å². The zero-order valence-corrected chi connectivity index (χ0v) is 16.4. The van der Waals surface area contributed by atoms with Crippen LogP contribution in [0, 0.1) is 5.82 Å². The molecule has 0 aliphatic rings. The molecule has 6 nitrogen and oxygen atoms in total. The van der Waals surface area contributed by atoms with Gasteiger partial charge in [0.1, 0.15) is 5.82 Å². The summed E-state index contributed by atoms with van der Waals surface area (Å²) in [5.74, 6) is -0.512. The van der Waals surface area contributed by atoms with E-state index in [-0.39, 0.29) is 5.92 Å². The smallest absolute Gasteiger partial charge is 0.328 e. The first kappa shape index (κ1) is 20.4. The molecule has 1 heterocycles. The SMILES string of the molecule is CC(C)c1nn(-c2ccccc2)c(-c2ccc(F)cc2)c1C(O)CP(=O)(O)O. The Balaban J connectivity index is 2.30. The first-order valence-electron chi connectivity index (χ1n) is 8.84. The van der Waals surface area contributed by atoms with Crippen molar-refractivity contribution in [1.82, 2.24) is 9.78 Å². The molecule has 1 unspecified atom stereocenters. The molecular weight excluding hydrogens is 382 g/mol. The molecule has 0 fully saturated rings. The Labute approximate surface area is 162 Å². The van der Waals surface area contributed by atoms with E-state index in [1.807, 2.05) is 44.2 Å². The lowest BCUT2D eigenvalue weighted by atomic mass is 9.96. The van der Waals surface area contributed by atoms with Crippen LogP contribution in [0.1, 0.15) is 37.1 Å². The van der Waals surface area contributed by atoms with E-state index in [2.05, 4.69) is 5.10 Å². The number of rotatable bonds is 6. The summed E-state index contributed by atoms with van der Waals surface area (Å²) in [5, 5.41) is 15.4. The molecule has 8 heteroatoms. The lowest BCUT2D eigenvalue weighted by Crippen LogP contribution is -2.08. The van der Waals surface area contributed by atoms with Crippen LogP contribution in [0.5, 0.6) is 0 Å². The molecule has 3 rings (SSSR count). The molecule has 28 heavy (non-hydrogen) atoms. The lowest BCUT2D eigenvalue weighted by Gasteiger charge is -2.16. The Morgan fingerprint density at radius 2 is 1.68 bits per heavy atom. The molecule has 1 atom stereocenters. The van der Waals surface area contributed by atoms with Gasteiger partial charge in [-0.05, 0) is 42.3 Å². The van der Waals surface area contributed by atoms with E-state index in [9.17, 15) is 23.8 Å². The fourth-order valence-electron chi connectivity index (χ4n) is 3.16. The van der Waals surface area contributed by atoms with Gasteiger partial charge in [-0.25, -0.2) is 9.07 Å². The Morgan fingerprint density at radius 3 is 2.21 bits per heavy atom. The van der Waals surface area contributed by atoms with Crippen LogP contribution in [0.2, 0.25) is 0 Å². The average molecular weight is 404 g/mol. The zero-order valence-electron chi connectivity index (χ0n) is 15.5. The Morgan fingerprint density at radius 1 is 1.07 bits per heavy atom. The van der Waals surface area contributed by atoms with Gasteiger partial charge in [0.05, 0.1) is 29.3 Å². The molecular formula is C20H22FN2O4P. The van der Waals surface area contributed by atoms with Gasteiger partial charge in [0, 0.05) is 11.1 Å². The molecule has 0 aliphatic carbocycles. The van der Waals surface area contributed by atoms with Gasteiger partial charge in [0.25, 0.3) is 0 Å². The standard InChI is InChI=1S/C20H22FN2O4P/c1-13(2)19-18(17(24)12-28(25,26)27)20(14-8-10-15(21)11-9-14)23(22-19)16-6-4-3-5-7-16/h3-11,13,17,24H,12H2,1-2H3,(H2,25,26,27). The molecule has 148 valence electrons. The van der Waals surface area contributed by atoms with Crippen LogP contribution < -0.4 is 0 Å². The topological polar surface area (TPSA) is 95.6 Å². The first-order valence-corrected chi connectivity index (χ1v) is 10.6. The fraction of sp³-hybridized carbons (Fsp3) is 0.250. The second-order valence-corrected chi connectivity index (χ2v) is 8.61. The lowest BCUT2D eigenvalue weighted by molar-refractivity contribution is 0.191. The fourth-order valence-corrected chi connectivity index (χ4v) is 3.79. The van der Waals surface area contributed by atoms with Crippen molar-refractivity contribution in [2.45, 2.75) is 25.9 Å². The third-order valence-corrected chi connectivity index (χ3v) is 5.18. The van der Waals surface area contributed by atoms with Gasteiger partial charge in [-0.2, -0.15) is 5.10 Å². The van der Waals surface area contributed by atoms with Crippen LogP contribution >= 0.6 is 7.60 Å². The minimum Gasteiger partial charge on any atom is -0.388 e. The van der Waals surface area contributed by atoms with Crippen molar-refractivity contribution >= 4 is 7.60 Å². The van der Waals surface area contributed by atoms with Gasteiger partial charge in [-0.1, -0.05) is 32.0 Å². The van der Waals surface area contributed by atoms with E-state index in [0.717, 1.165) is 5.69 Å². The van der Waals surface area contributed by atoms with Crippen molar-refractivity contribution in [1.29, 1.82) is 0 Å². The van der Waals surface area contributed by atoms with Crippen molar-refractivity contribution in [3.05, 3.63) is 71.7 Å². The van der Waals surface area contributed by atoms with Crippen LogP contribution in [-0.2, 0) is 4.57 Å². The number of aliphatic hydroxyl groups excluding tert-OH is 1. The monoisotopic (exact) mass is 404 g/mol. The normalized spacial score (nSPS) is 13.1. The molecule has 3 N–H and O–H groups in total. The molecule has 1 aromatic heterocycles. The summed E-state index contributed by atoms with van der Waals surface area (Å²) >= 11 is 0. The van der Waals surface area contributed by atoms with Crippen LogP contribution in [-0.4, -0.2) is 30.8 Å². The first-order chi connectivity index (χ1) is 13.2. The summed E-state index contributed by atoms with van der Waals surface area (Å²) in [4.78, 5) is 18.7. The molecule has 0 radical (unpaired) electrons. The number of hydrogen-bond donors (Lipinski definition) is 3. The summed E-state index contributed by atoms with van der Waals surface area (Å²) in [7, 11) is -4.47. The van der Waals surface area contributed by atoms with Crippen molar-refractivity contribution in [2.75, 3.05) is 6.16 Å². The number of aliphatic hydroxyl groups is 1. The molecule has 3 aromatic rings. The van der Waals surface area contributed by atoms with Gasteiger partial charge in [-0.15, -0.1) is 0 Å². The predicted octanol–water partition coefficient (Wildman–Crippen LogP) is 4.01. The van der Waals surface area contributed by atoms with Crippen molar-refractivity contribution in [3.8, 4) is 16.9 Å². The molecule has 0 spiro atoms. The molecule has 0 aliphatic heterocycles. The maximum Gasteiger partial charge on any atom is 0.328 e. The van der Waals surface area contributed by atoms with Crippen LogP contribution in [0.15, 0.2) is 54.6 Å². The van der Waals surface area contributed by atoms with Gasteiger partial charge < -0.3 is 14.9 Å². The number of nitrogens with zero attached hydrogens (tertiary/aromatic N) is 2. The molecule has 0 saturated heterocycles. The quantitative estimate of drug-likeness (QED) is 0.540. The summed E-state index contributed by atoms with van der Waals surface area (Å²) < 4.78 is 26.6. The van der Waals surface area contributed by atoms with E-state index >= 15 is 0 Å². The van der Waals surface area contributed by atoms with Gasteiger partial charge in [0.2, 0.25) is 0 Å².